The van der Waals surface area contributed by atoms with Gasteiger partial charge in [-0.25, -0.2) is 9.37 Å². The van der Waals surface area contributed by atoms with Crippen LogP contribution in [0.25, 0.3) is 11.3 Å². The quantitative estimate of drug-likeness (QED) is 0.655. The predicted octanol–water partition coefficient (Wildman–Crippen LogP) is 4.92. The molecule has 4 nitrogen and oxygen atoms in total. The summed E-state index contributed by atoms with van der Waals surface area (Å²) in [5.74, 6) is -1.34. The van der Waals surface area contributed by atoms with E-state index < -0.39 is 29.3 Å². The highest BCUT2D eigenvalue weighted by Crippen LogP contribution is 2.35. The normalized spacial score (nSPS) is 11.4. The van der Waals surface area contributed by atoms with Crippen LogP contribution >= 0.6 is 11.3 Å². The second kappa shape index (κ2) is 6.83. The van der Waals surface area contributed by atoms with Gasteiger partial charge in [-0.3, -0.25) is 9.78 Å². The van der Waals surface area contributed by atoms with Gasteiger partial charge in [0.05, 0.1) is 22.5 Å². The van der Waals surface area contributed by atoms with Crippen molar-refractivity contribution < 1.29 is 22.4 Å². The maximum atomic E-state index is 13.4. The standard InChI is InChI=1S/C17H11F4N3OS/c1-9-4-5-26-14(9)16(25)24-13-3-2-12(23-15(13)17(19,20)21)10-6-11(18)8-22-7-10/h2-8H,1H3,(H,24,25). The molecule has 0 bridgehead atoms. The smallest absolute Gasteiger partial charge is 0.319 e. The Bertz CT molecular complexity index is 969. The number of nitrogens with zero attached hydrogens (tertiary/aromatic N) is 2. The molecule has 134 valence electrons. The minimum Gasteiger partial charge on any atom is -0.319 e. The van der Waals surface area contributed by atoms with E-state index in [9.17, 15) is 22.4 Å². The van der Waals surface area contributed by atoms with Crippen LogP contribution in [0, 0.1) is 12.7 Å². The van der Waals surface area contributed by atoms with Crippen LogP contribution in [0.3, 0.4) is 0 Å². The third-order valence-corrected chi connectivity index (χ3v) is 4.50. The molecule has 0 atom stereocenters. The number of hydrogen-bond donors (Lipinski definition) is 1. The van der Waals surface area contributed by atoms with Gasteiger partial charge in [0.2, 0.25) is 0 Å². The van der Waals surface area contributed by atoms with Gasteiger partial charge in [-0.15, -0.1) is 11.3 Å². The van der Waals surface area contributed by atoms with Crippen LogP contribution in [0.15, 0.2) is 42.0 Å². The number of carbonyl (C=O) groups excluding carboxylic acids is 1. The molecule has 3 rings (SSSR count). The van der Waals surface area contributed by atoms with Gasteiger partial charge < -0.3 is 5.32 Å². The lowest BCUT2D eigenvalue weighted by Gasteiger charge is -2.14. The summed E-state index contributed by atoms with van der Waals surface area (Å²) in [5, 5.41) is 3.92. The molecule has 0 unspecified atom stereocenters. The first-order chi connectivity index (χ1) is 12.3. The second-order valence-electron chi connectivity index (χ2n) is 5.37. The monoisotopic (exact) mass is 381 g/mol. The summed E-state index contributed by atoms with van der Waals surface area (Å²) in [6, 6.07) is 5.09. The molecule has 9 heteroatoms. The molecule has 0 spiro atoms. The number of rotatable bonds is 3. The van der Waals surface area contributed by atoms with Crippen LogP contribution in [0.2, 0.25) is 0 Å². The lowest BCUT2D eigenvalue weighted by atomic mass is 10.1. The topological polar surface area (TPSA) is 54.9 Å². The Morgan fingerprint density at radius 3 is 2.58 bits per heavy atom. The molecule has 0 aliphatic heterocycles. The van der Waals surface area contributed by atoms with Crippen molar-refractivity contribution in [3.63, 3.8) is 0 Å². The Labute approximate surface area is 149 Å². The summed E-state index contributed by atoms with van der Waals surface area (Å²) in [7, 11) is 0. The van der Waals surface area contributed by atoms with Gasteiger partial charge in [-0.05, 0) is 42.1 Å². The van der Waals surface area contributed by atoms with Crippen molar-refractivity contribution in [2.45, 2.75) is 13.1 Å². The molecular weight excluding hydrogens is 370 g/mol. The number of carbonyl (C=O) groups is 1. The molecule has 3 aromatic heterocycles. The fraction of sp³-hybridized carbons (Fsp3) is 0.118. The number of alkyl halides is 3. The van der Waals surface area contributed by atoms with Crippen molar-refractivity contribution in [3.8, 4) is 11.3 Å². The highest BCUT2D eigenvalue weighted by molar-refractivity contribution is 7.12. The molecule has 26 heavy (non-hydrogen) atoms. The number of pyridine rings is 2. The van der Waals surface area contributed by atoms with E-state index in [0.29, 0.717) is 10.4 Å². The van der Waals surface area contributed by atoms with Crippen LogP contribution in [0.4, 0.5) is 23.2 Å². The van der Waals surface area contributed by atoms with Crippen LogP contribution in [-0.4, -0.2) is 15.9 Å². The van der Waals surface area contributed by atoms with Gasteiger partial charge >= 0.3 is 6.18 Å². The summed E-state index contributed by atoms with van der Waals surface area (Å²) in [6.07, 6.45) is -2.66. The van der Waals surface area contributed by atoms with E-state index in [4.69, 9.17) is 0 Å². The van der Waals surface area contributed by atoms with Crippen molar-refractivity contribution >= 4 is 22.9 Å². The number of thiophene rings is 1. The van der Waals surface area contributed by atoms with Crippen molar-refractivity contribution in [1.29, 1.82) is 0 Å². The van der Waals surface area contributed by atoms with Gasteiger partial charge in [-0.1, -0.05) is 0 Å². The summed E-state index contributed by atoms with van der Waals surface area (Å²) in [5.41, 5.74) is -1.07. The highest BCUT2D eigenvalue weighted by atomic mass is 32.1. The maximum Gasteiger partial charge on any atom is 0.435 e. The van der Waals surface area contributed by atoms with E-state index in [-0.39, 0.29) is 11.3 Å². The minimum atomic E-state index is -4.80. The average Bonchev–Trinajstić information content (AvgIpc) is 3.00. The van der Waals surface area contributed by atoms with Crippen molar-refractivity contribution in [2.75, 3.05) is 5.32 Å². The Kier molecular flexibility index (Phi) is 4.73. The number of anilines is 1. The minimum absolute atomic E-state index is 0.0995. The largest absolute Gasteiger partial charge is 0.435 e. The van der Waals surface area contributed by atoms with Gasteiger partial charge in [0.15, 0.2) is 5.69 Å². The highest BCUT2D eigenvalue weighted by Gasteiger charge is 2.36. The van der Waals surface area contributed by atoms with Gasteiger partial charge in [-0.2, -0.15) is 13.2 Å². The summed E-state index contributed by atoms with van der Waals surface area (Å²) in [6.45, 7) is 1.69. The van der Waals surface area contributed by atoms with E-state index in [1.54, 1.807) is 18.4 Å². The Balaban J connectivity index is 2.00. The van der Waals surface area contributed by atoms with Gasteiger partial charge in [0, 0.05) is 11.8 Å². The van der Waals surface area contributed by atoms with E-state index in [2.05, 4.69) is 15.3 Å². The molecule has 0 aromatic carbocycles. The van der Waals surface area contributed by atoms with E-state index in [0.717, 1.165) is 29.7 Å². The van der Waals surface area contributed by atoms with Crippen LogP contribution < -0.4 is 5.32 Å². The fourth-order valence-electron chi connectivity index (χ4n) is 2.27. The summed E-state index contributed by atoms with van der Waals surface area (Å²) >= 11 is 1.13. The molecule has 3 heterocycles. The number of nitrogens with one attached hydrogen (secondary N) is 1. The molecule has 0 aliphatic carbocycles. The number of amides is 1. The third kappa shape index (κ3) is 3.72. The zero-order valence-corrected chi connectivity index (χ0v) is 14.1. The first-order valence-electron chi connectivity index (χ1n) is 7.30. The predicted molar refractivity (Wildman–Crippen MR) is 89.4 cm³/mol. The lowest BCUT2D eigenvalue weighted by Crippen LogP contribution is -2.18. The molecule has 3 aromatic rings. The molecule has 1 N–H and O–H groups in total. The Morgan fingerprint density at radius 1 is 1.19 bits per heavy atom. The summed E-state index contributed by atoms with van der Waals surface area (Å²) in [4.78, 5) is 19.7. The SMILES string of the molecule is Cc1ccsc1C(=O)Nc1ccc(-c2cncc(F)c2)nc1C(F)(F)F. The third-order valence-electron chi connectivity index (χ3n) is 3.48. The van der Waals surface area contributed by atoms with Crippen molar-refractivity contribution in [1.82, 2.24) is 9.97 Å². The van der Waals surface area contributed by atoms with Gasteiger partial charge in [0.25, 0.3) is 5.91 Å². The first-order valence-corrected chi connectivity index (χ1v) is 8.18. The molecule has 1 amide bonds. The number of hydrogen-bond acceptors (Lipinski definition) is 4. The Morgan fingerprint density at radius 2 is 1.96 bits per heavy atom. The molecule has 0 aliphatic rings. The molecule has 0 saturated heterocycles. The molecule has 0 fully saturated rings. The van der Waals surface area contributed by atoms with Crippen molar-refractivity contribution in [3.05, 3.63) is 64.0 Å². The molecular formula is C17H11F4N3OS. The van der Waals surface area contributed by atoms with Crippen LogP contribution in [0.1, 0.15) is 20.9 Å². The first kappa shape index (κ1) is 18.0. The van der Waals surface area contributed by atoms with E-state index >= 15 is 0 Å². The zero-order chi connectivity index (χ0) is 18.9. The fourth-order valence-corrected chi connectivity index (χ4v) is 3.09. The van der Waals surface area contributed by atoms with E-state index in [1.807, 2.05) is 0 Å². The second-order valence-corrected chi connectivity index (χ2v) is 6.29. The number of aryl methyl sites for hydroxylation is 1. The Hall–Kier alpha value is -2.81. The van der Waals surface area contributed by atoms with E-state index in [1.165, 1.54) is 12.3 Å². The van der Waals surface area contributed by atoms with Gasteiger partial charge in [0.1, 0.15) is 5.82 Å². The van der Waals surface area contributed by atoms with Crippen LogP contribution in [-0.2, 0) is 6.18 Å². The molecule has 0 radical (unpaired) electrons. The van der Waals surface area contributed by atoms with Crippen LogP contribution in [0.5, 0.6) is 0 Å². The molecule has 0 saturated carbocycles. The number of aromatic nitrogens is 2. The average molecular weight is 381 g/mol. The zero-order valence-electron chi connectivity index (χ0n) is 13.3. The number of halogens is 4. The lowest BCUT2D eigenvalue weighted by molar-refractivity contribution is -0.140. The van der Waals surface area contributed by atoms with Crippen molar-refractivity contribution in [2.24, 2.45) is 0 Å². The summed E-state index contributed by atoms with van der Waals surface area (Å²) < 4.78 is 53.4. The maximum absolute atomic E-state index is 13.4.